The molecule has 8 heteroatoms. The number of piperidine rings is 1. The number of amidine groups is 1. The van der Waals surface area contributed by atoms with Crippen molar-refractivity contribution in [3.63, 3.8) is 0 Å². The second-order valence-corrected chi connectivity index (χ2v) is 11.3. The number of rotatable bonds is 4. The number of nitrogens with one attached hydrogen (secondary N) is 1. The molecule has 0 amide bonds. The molecule has 2 aromatic carbocycles. The number of likely N-dealkylation sites (tertiary alicyclic amines) is 1. The van der Waals surface area contributed by atoms with Crippen molar-refractivity contribution in [2.24, 2.45) is 4.40 Å². The summed E-state index contributed by atoms with van der Waals surface area (Å²) in [5.74, 6) is 0.120. The first-order chi connectivity index (χ1) is 15.6. The Morgan fingerprint density at radius 2 is 1.70 bits per heavy atom. The van der Waals surface area contributed by atoms with Crippen LogP contribution >= 0.6 is 0 Å². The molecule has 1 saturated heterocycles. The molecular formula is C25H32FN3O3S. The summed E-state index contributed by atoms with van der Waals surface area (Å²) in [7, 11) is -1.78. The molecule has 0 saturated carbocycles. The highest BCUT2D eigenvalue weighted by Gasteiger charge is 2.47. The smallest absolute Gasteiger partial charge is 0.301 e. The van der Waals surface area contributed by atoms with Crippen molar-refractivity contribution in [3.05, 3.63) is 71.0 Å². The van der Waals surface area contributed by atoms with E-state index >= 15 is 0 Å². The number of hydrogen-bond donors (Lipinski definition) is 1. The summed E-state index contributed by atoms with van der Waals surface area (Å²) in [6.45, 7) is 7.35. The van der Waals surface area contributed by atoms with Gasteiger partial charge in [0.25, 0.3) is 10.0 Å². The molecule has 2 aromatic rings. The number of ether oxygens (including phenoxy) is 1. The molecule has 1 N–H and O–H groups in total. The van der Waals surface area contributed by atoms with Crippen LogP contribution in [0.15, 0.2) is 52.9 Å². The highest BCUT2D eigenvalue weighted by atomic mass is 32.2. The van der Waals surface area contributed by atoms with Gasteiger partial charge in [-0.15, -0.1) is 4.40 Å². The Kier molecular flexibility index (Phi) is 6.51. The number of halogens is 1. The fourth-order valence-corrected chi connectivity index (χ4v) is 6.54. The van der Waals surface area contributed by atoms with Crippen LogP contribution in [0.5, 0.6) is 0 Å². The molecule has 1 unspecified atom stereocenters. The number of benzene rings is 2. The van der Waals surface area contributed by atoms with E-state index < -0.39 is 26.9 Å². The molecule has 178 valence electrons. The van der Waals surface area contributed by atoms with Crippen LogP contribution in [0.3, 0.4) is 0 Å². The first-order valence-corrected chi connectivity index (χ1v) is 12.9. The third-order valence-corrected chi connectivity index (χ3v) is 8.50. The Bertz CT molecular complexity index is 1120. The molecule has 0 bridgehead atoms. The Morgan fingerprint density at radius 3 is 2.30 bits per heavy atom. The zero-order chi connectivity index (χ0) is 23.8. The van der Waals surface area contributed by atoms with E-state index in [-0.39, 0.29) is 11.8 Å². The molecule has 4 rings (SSSR count). The predicted octanol–water partition coefficient (Wildman–Crippen LogP) is 4.52. The van der Waals surface area contributed by atoms with Gasteiger partial charge in [-0.25, -0.2) is 12.8 Å². The molecule has 0 aliphatic carbocycles. The standard InChI is InChI=1S/C25H32FN3O3S/c1-17(21-7-5-6-8-22(21)26)27-24-28-33(30,31)23(25(2,3)32-24)20-11-9-18(10-12-20)19-13-15-29(4)16-14-19/h5-12,17,19,23H,13-16H2,1-4H3,(H,27,28)/t17-,23?/m0/s1. The van der Waals surface area contributed by atoms with E-state index in [9.17, 15) is 12.8 Å². The average molecular weight is 474 g/mol. The molecule has 0 aromatic heterocycles. The van der Waals surface area contributed by atoms with E-state index in [1.54, 1.807) is 39.0 Å². The Balaban J connectivity index is 1.55. The third kappa shape index (κ3) is 5.06. The predicted molar refractivity (Wildman–Crippen MR) is 128 cm³/mol. The highest BCUT2D eigenvalue weighted by molar-refractivity contribution is 7.90. The fourth-order valence-electron chi connectivity index (χ4n) is 4.85. The monoisotopic (exact) mass is 473 g/mol. The topological polar surface area (TPSA) is 71.0 Å². The minimum absolute atomic E-state index is 0.116. The number of hydrogen-bond acceptors (Lipinski definition) is 5. The molecule has 6 nitrogen and oxygen atoms in total. The van der Waals surface area contributed by atoms with Crippen LogP contribution in [0, 0.1) is 5.82 Å². The fraction of sp³-hybridized carbons (Fsp3) is 0.480. The largest absolute Gasteiger partial charge is 0.457 e. The van der Waals surface area contributed by atoms with Crippen LogP contribution in [0.2, 0.25) is 0 Å². The van der Waals surface area contributed by atoms with Crippen LogP contribution in [0.25, 0.3) is 0 Å². The van der Waals surface area contributed by atoms with Crippen molar-refractivity contribution in [1.29, 1.82) is 0 Å². The maximum absolute atomic E-state index is 14.1. The van der Waals surface area contributed by atoms with Gasteiger partial charge in [0.1, 0.15) is 16.7 Å². The van der Waals surface area contributed by atoms with Gasteiger partial charge in [0.05, 0.1) is 6.04 Å². The lowest BCUT2D eigenvalue weighted by molar-refractivity contribution is 0.0768. The van der Waals surface area contributed by atoms with Gasteiger partial charge in [0, 0.05) is 5.56 Å². The highest BCUT2D eigenvalue weighted by Crippen LogP contribution is 2.41. The summed E-state index contributed by atoms with van der Waals surface area (Å²) < 4.78 is 50.5. The molecule has 2 heterocycles. The SMILES string of the molecule is C[C@H](NC1=NS(=O)(=O)C(c2ccc(C3CCN(C)CC3)cc2)C(C)(C)O1)c1ccccc1F. The molecule has 1 fully saturated rings. The maximum atomic E-state index is 14.1. The van der Waals surface area contributed by atoms with Crippen molar-refractivity contribution < 1.29 is 17.5 Å². The van der Waals surface area contributed by atoms with Crippen molar-refractivity contribution in [3.8, 4) is 0 Å². The molecule has 0 spiro atoms. The van der Waals surface area contributed by atoms with Gasteiger partial charge in [-0.3, -0.25) is 0 Å². The number of nitrogens with zero attached hydrogens (tertiary/aromatic N) is 2. The molecule has 2 aliphatic heterocycles. The summed E-state index contributed by atoms with van der Waals surface area (Å²) >= 11 is 0. The van der Waals surface area contributed by atoms with Gasteiger partial charge in [-0.05, 0) is 76.9 Å². The van der Waals surface area contributed by atoms with Crippen LogP contribution in [-0.2, 0) is 14.8 Å². The summed E-state index contributed by atoms with van der Waals surface area (Å²) in [5, 5.41) is 1.98. The minimum Gasteiger partial charge on any atom is -0.457 e. The van der Waals surface area contributed by atoms with E-state index in [1.165, 1.54) is 11.6 Å². The Hall–Kier alpha value is -2.45. The number of sulfonamides is 1. The third-order valence-electron chi connectivity index (χ3n) is 6.64. The van der Waals surface area contributed by atoms with E-state index in [0.717, 1.165) is 25.9 Å². The first-order valence-electron chi connectivity index (χ1n) is 11.4. The zero-order valence-corrected chi connectivity index (χ0v) is 20.4. The van der Waals surface area contributed by atoms with E-state index in [1.807, 2.05) is 24.3 Å². The molecule has 2 aliphatic rings. The maximum Gasteiger partial charge on any atom is 0.301 e. The van der Waals surface area contributed by atoms with Crippen LogP contribution in [0.1, 0.15) is 67.5 Å². The van der Waals surface area contributed by atoms with Gasteiger partial charge in [0.2, 0.25) is 0 Å². The molecular weight excluding hydrogens is 441 g/mol. The second kappa shape index (κ2) is 9.06. The van der Waals surface area contributed by atoms with Gasteiger partial charge in [-0.1, -0.05) is 42.5 Å². The van der Waals surface area contributed by atoms with Crippen LogP contribution < -0.4 is 5.32 Å². The summed E-state index contributed by atoms with van der Waals surface area (Å²) in [5.41, 5.74) is 1.24. The van der Waals surface area contributed by atoms with Crippen LogP contribution in [-0.4, -0.2) is 45.1 Å². The minimum atomic E-state index is -3.92. The van der Waals surface area contributed by atoms with Gasteiger partial charge < -0.3 is 15.0 Å². The molecule has 33 heavy (non-hydrogen) atoms. The Labute approximate surface area is 195 Å². The quantitative estimate of drug-likeness (QED) is 0.707. The van der Waals surface area contributed by atoms with Gasteiger partial charge in [0.15, 0.2) is 0 Å². The lowest BCUT2D eigenvalue weighted by Gasteiger charge is -2.38. The summed E-state index contributed by atoms with van der Waals surface area (Å²) in [6, 6.07) is 13.6. The lowest BCUT2D eigenvalue weighted by atomic mass is 9.88. The Morgan fingerprint density at radius 1 is 1.09 bits per heavy atom. The van der Waals surface area contributed by atoms with E-state index in [4.69, 9.17) is 4.74 Å². The van der Waals surface area contributed by atoms with E-state index in [0.29, 0.717) is 17.0 Å². The summed E-state index contributed by atoms with van der Waals surface area (Å²) in [6.07, 6.45) is 2.21. The molecule has 0 radical (unpaired) electrons. The van der Waals surface area contributed by atoms with Crippen molar-refractivity contribution in [2.75, 3.05) is 20.1 Å². The van der Waals surface area contributed by atoms with Gasteiger partial charge >= 0.3 is 6.02 Å². The zero-order valence-electron chi connectivity index (χ0n) is 19.6. The molecule has 2 atom stereocenters. The van der Waals surface area contributed by atoms with Crippen molar-refractivity contribution in [1.82, 2.24) is 10.2 Å². The summed E-state index contributed by atoms with van der Waals surface area (Å²) in [4.78, 5) is 2.33. The van der Waals surface area contributed by atoms with Crippen molar-refractivity contribution in [2.45, 2.75) is 56.4 Å². The lowest BCUT2D eigenvalue weighted by Crippen LogP contribution is -2.47. The average Bonchev–Trinajstić information content (AvgIpc) is 2.73. The first kappa shape index (κ1) is 23.7. The van der Waals surface area contributed by atoms with E-state index in [2.05, 4.69) is 21.7 Å². The van der Waals surface area contributed by atoms with Gasteiger partial charge in [-0.2, -0.15) is 0 Å². The second-order valence-electron chi connectivity index (χ2n) is 9.63. The van der Waals surface area contributed by atoms with Crippen LogP contribution in [0.4, 0.5) is 4.39 Å². The normalized spacial score (nSPS) is 23.9. The van der Waals surface area contributed by atoms with Crippen molar-refractivity contribution >= 4 is 16.0 Å².